The molecule has 4 aromatic rings. The fourth-order valence-electron chi connectivity index (χ4n) is 4.67. The minimum absolute atomic E-state index is 0.0298. The molecule has 0 aromatic heterocycles. The molecule has 0 saturated carbocycles. The van der Waals surface area contributed by atoms with Gasteiger partial charge >= 0.3 is 0 Å². The number of hydrogen-bond donors (Lipinski definition) is 0. The van der Waals surface area contributed by atoms with Crippen LogP contribution in [0.1, 0.15) is 29.7 Å². The maximum Gasteiger partial charge on any atom is 0.119 e. The maximum absolute atomic E-state index is 5.42. The first-order valence-electron chi connectivity index (χ1n) is 11.3. The standard InChI is InChI=1S/C31H27NO/c1-23-22-29(24-12-6-3-7-13-24)30(25-14-8-4-9-15-25)31(26-16-10-5-11-17-26)32(23)27-18-20-28(33-2)21-19-27/h3-22,31H,1-2H3/t31-/m1/s1. The number of allylic oxidation sites excluding steroid dienone is 3. The summed E-state index contributed by atoms with van der Waals surface area (Å²) in [7, 11) is 1.70. The van der Waals surface area contributed by atoms with Gasteiger partial charge in [0.15, 0.2) is 0 Å². The Morgan fingerprint density at radius 3 is 1.76 bits per heavy atom. The summed E-state index contributed by atoms with van der Waals surface area (Å²) in [6.07, 6.45) is 2.32. The van der Waals surface area contributed by atoms with Crippen molar-refractivity contribution in [2.75, 3.05) is 12.0 Å². The van der Waals surface area contributed by atoms with E-state index in [1.165, 1.54) is 33.5 Å². The van der Waals surface area contributed by atoms with Crippen molar-refractivity contribution in [3.63, 3.8) is 0 Å². The minimum atomic E-state index is 0.0298. The van der Waals surface area contributed by atoms with E-state index in [9.17, 15) is 0 Å². The molecule has 1 atom stereocenters. The van der Waals surface area contributed by atoms with Crippen LogP contribution in [-0.2, 0) is 0 Å². The van der Waals surface area contributed by atoms with Gasteiger partial charge in [-0.3, -0.25) is 0 Å². The van der Waals surface area contributed by atoms with Crippen LogP contribution in [-0.4, -0.2) is 7.11 Å². The summed E-state index contributed by atoms with van der Waals surface area (Å²) in [4.78, 5) is 2.43. The van der Waals surface area contributed by atoms with Crippen LogP contribution in [0.3, 0.4) is 0 Å². The normalized spacial score (nSPS) is 15.9. The van der Waals surface area contributed by atoms with Crippen LogP contribution < -0.4 is 9.64 Å². The average Bonchev–Trinajstić information content (AvgIpc) is 2.89. The molecule has 2 heteroatoms. The van der Waals surface area contributed by atoms with Gasteiger partial charge in [0.1, 0.15) is 5.75 Å². The number of benzene rings is 4. The Bertz CT molecular complexity index is 1270. The average molecular weight is 430 g/mol. The van der Waals surface area contributed by atoms with Gasteiger partial charge in [0.2, 0.25) is 0 Å². The smallest absolute Gasteiger partial charge is 0.119 e. The van der Waals surface area contributed by atoms with E-state index in [0.29, 0.717) is 0 Å². The first-order chi connectivity index (χ1) is 16.3. The van der Waals surface area contributed by atoms with Gasteiger partial charge in [-0.15, -0.1) is 0 Å². The van der Waals surface area contributed by atoms with Crippen molar-refractivity contribution in [1.82, 2.24) is 0 Å². The lowest BCUT2D eigenvalue weighted by atomic mass is 9.82. The largest absolute Gasteiger partial charge is 0.497 e. The molecule has 2 nitrogen and oxygen atoms in total. The van der Waals surface area contributed by atoms with Gasteiger partial charge in [0.05, 0.1) is 13.2 Å². The lowest BCUT2D eigenvalue weighted by Gasteiger charge is -2.41. The van der Waals surface area contributed by atoms with Crippen molar-refractivity contribution in [2.45, 2.75) is 13.0 Å². The van der Waals surface area contributed by atoms with E-state index < -0.39 is 0 Å². The van der Waals surface area contributed by atoms with Crippen LogP contribution in [0.5, 0.6) is 5.75 Å². The molecule has 0 spiro atoms. The highest BCUT2D eigenvalue weighted by Gasteiger charge is 2.32. The van der Waals surface area contributed by atoms with E-state index in [2.05, 4.69) is 121 Å². The van der Waals surface area contributed by atoms with Gasteiger partial charge in [-0.05, 0) is 65.1 Å². The molecule has 33 heavy (non-hydrogen) atoms. The molecule has 0 saturated heterocycles. The van der Waals surface area contributed by atoms with Gasteiger partial charge in [-0.2, -0.15) is 0 Å². The molecule has 5 rings (SSSR count). The highest BCUT2D eigenvalue weighted by molar-refractivity contribution is 6.01. The molecule has 0 N–H and O–H groups in total. The molecule has 4 aromatic carbocycles. The Morgan fingerprint density at radius 2 is 1.18 bits per heavy atom. The van der Waals surface area contributed by atoms with Crippen molar-refractivity contribution in [3.05, 3.63) is 144 Å². The van der Waals surface area contributed by atoms with Crippen LogP contribution in [0.4, 0.5) is 5.69 Å². The quantitative estimate of drug-likeness (QED) is 0.321. The van der Waals surface area contributed by atoms with E-state index in [-0.39, 0.29) is 6.04 Å². The fourth-order valence-corrected chi connectivity index (χ4v) is 4.67. The van der Waals surface area contributed by atoms with E-state index >= 15 is 0 Å². The molecule has 0 radical (unpaired) electrons. The Hall–Kier alpha value is -4.04. The van der Waals surface area contributed by atoms with Crippen molar-refractivity contribution >= 4 is 16.8 Å². The third-order valence-corrected chi connectivity index (χ3v) is 6.19. The first kappa shape index (κ1) is 20.8. The monoisotopic (exact) mass is 429 g/mol. The number of methoxy groups -OCH3 is 1. The van der Waals surface area contributed by atoms with Gasteiger partial charge in [0, 0.05) is 11.4 Å². The molecule has 162 valence electrons. The molecule has 0 unspecified atom stereocenters. The lowest BCUT2D eigenvalue weighted by molar-refractivity contribution is 0.415. The summed E-state index contributed by atoms with van der Waals surface area (Å²) in [6, 6.07) is 40.6. The summed E-state index contributed by atoms with van der Waals surface area (Å²) in [5.74, 6) is 0.859. The molecule has 1 aliphatic rings. The van der Waals surface area contributed by atoms with Crippen molar-refractivity contribution in [3.8, 4) is 5.75 Å². The number of hydrogen-bond acceptors (Lipinski definition) is 2. The van der Waals surface area contributed by atoms with Gasteiger partial charge in [-0.1, -0.05) is 91.0 Å². The fraction of sp³-hybridized carbons (Fsp3) is 0.0968. The Labute approximate surface area is 196 Å². The van der Waals surface area contributed by atoms with E-state index in [4.69, 9.17) is 4.74 Å². The van der Waals surface area contributed by atoms with Gasteiger partial charge in [0.25, 0.3) is 0 Å². The molecule has 1 aliphatic heterocycles. The molecule has 0 fully saturated rings. The van der Waals surface area contributed by atoms with Crippen LogP contribution >= 0.6 is 0 Å². The third kappa shape index (κ3) is 4.08. The lowest BCUT2D eigenvalue weighted by Crippen LogP contribution is -2.31. The highest BCUT2D eigenvalue weighted by atomic mass is 16.5. The van der Waals surface area contributed by atoms with Crippen molar-refractivity contribution in [1.29, 1.82) is 0 Å². The zero-order valence-corrected chi connectivity index (χ0v) is 19.0. The second-order valence-electron chi connectivity index (χ2n) is 8.23. The molecular weight excluding hydrogens is 402 g/mol. The Balaban J connectivity index is 1.79. The third-order valence-electron chi connectivity index (χ3n) is 6.19. The van der Waals surface area contributed by atoms with Crippen LogP contribution in [0, 0.1) is 0 Å². The number of nitrogens with zero attached hydrogens (tertiary/aromatic N) is 1. The summed E-state index contributed by atoms with van der Waals surface area (Å²) in [6.45, 7) is 2.20. The zero-order chi connectivity index (χ0) is 22.6. The van der Waals surface area contributed by atoms with Crippen molar-refractivity contribution in [2.24, 2.45) is 0 Å². The van der Waals surface area contributed by atoms with Crippen LogP contribution in [0.15, 0.2) is 127 Å². The summed E-state index contributed by atoms with van der Waals surface area (Å²) in [5, 5.41) is 0. The molecule has 0 bridgehead atoms. The first-order valence-corrected chi connectivity index (χ1v) is 11.3. The molecule has 1 heterocycles. The van der Waals surface area contributed by atoms with E-state index in [1.54, 1.807) is 7.11 Å². The van der Waals surface area contributed by atoms with Crippen molar-refractivity contribution < 1.29 is 4.74 Å². The topological polar surface area (TPSA) is 12.5 Å². The van der Waals surface area contributed by atoms with E-state index in [0.717, 1.165) is 11.4 Å². The van der Waals surface area contributed by atoms with E-state index in [1.807, 2.05) is 12.1 Å². The maximum atomic E-state index is 5.42. The number of anilines is 1. The minimum Gasteiger partial charge on any atom is -0.497 e. The predicted octanol–water partition coefficient (Wildman–Crippen LogP) is 7.77. The second kappa shape index (κ2) is 9.22. The summed E-state index contributed by atoms with van der Waals surface area (Å²) < 4.78 is 5.42. The predicted molar refractivity (Wildman–Crippen MR) is 138 cm³/mol. The van der Waals surface area contributed by atoms with Crippen LogP contribution in [0.2, 0.25) is 0 Å². The van der Waals surface area contributed by atoms with Gasteiger partial charge < -0.3 is 9.64 Å². The Morgan fingerprint density at radius 1 is 0.636 bits per heavy atom. The van der Waals surface area contributed by atoms with Gasteiger partial charge in [-0.25, -0.2) is 0 Å². The summed E-state index contributed by atoms with van der Waals surface area (Å²) in [5.41, 5.74) is 8.62. The SMILES string of the molecule is COc1ccc(N2C(C)=CC(c3ccccc3)=C(c3ccccc3)[C@H]2c2ccccc2)cc1. The molecule has 0 amide bonds. The number of rotatable bonds is 5. The second-order valence-corrected chi connectivity index (χ2v) is 8.23. The Kier molecular flexibility index (Phi) is 5.82. The molecule has 0 aliphatic carbocycles. The molecular formula is C31H27NO. The number of ether oxygens (including phenoxy) is 1. The highest BCUT2D eigenvalue weighted by Crippen LogP contribution is 2.48. The van der Waals surface area contributed by atoms with Crippen LogP contribution in [0.25, 0.3) is 11.1 Å². The zero-order valence-electron chi connectivity index (χ0n) is 19.0. The summed E-state index contributed by atoms with van der Waals surface area (Å²) >= 11 is 0.